The van der Waals surface area contributed by atoms with Crippen LogP contribution in [-0.2, 0) is 6.42 Å². The Morgan fingerprint density at radius 3 is 2.78 bits per heavy atom. The molecule has 0 spiro atoms. The fraction of sp³-hybridized carbons (Fsp3) is 0.214. The van der Waals surface area contributed by atoms with Crippen molar-refractivity contribution in [2.45, 2.75) is 12.5 Å². The molecule has 0 amide bonds. The van der Waals surface area contributed by atoms with E-state index < -0.39 is 0 Å². The van der Waals surface area contributed by atoms with Crippen LogP contribution >= 0.6 is 38.5 Å². The summed E-state index contributed by atoms with van der Waals surface area (Å²) in [5.41, 5.74) is 2.39. The van der Waals surface area contributed by atoms with Crippen molar-refractivity contribution < 1.29 is 0 Å². The number of pyridine rings is 1. The van der Waals surface area contributed by atoms with E-state index in [1.54, 1.807) is 0 Å². The molecule has 1 heterocycles. The van der Waals surface area contributed by atoms with Crippen molar-refractivity contribution in [3.05, 3.63) is 61.9 Å². The van der Waals surface area contributed by atoms with Crippen molar-refractivity contribution in [1.29, 1.82) is 0 Å². The van der Waals surface area contributed by atoms with E-state index in [0.717, 1.165) is 16.6 Å². The molecule has 2 nitrogen and oxygen atoms in total. The van der Waals surface area contributed by atoms with Gasteiger partial charge in [-0.05, 0) is 75.4 Å². The third-order valence-corrected chi connectivity index (χ3v) is 3.94. The van der Waals surface area contributed by atoms with Gasteiger partial charge < -0.3 is 5.32 Å². The smallest absolute Gasteiger partial charge is 0.0423 e. The Labute approximate surface area is 129 Å². The van der Waals surface area contributed by atoms with Gasteiger partial charge in [-0.1, -0.05) is 12.1 Å². The summed E-state index contributed by atoms with van der Waals surface area (Å²) in [7, 11) is 1.99. The second-order valence-corrected chi connectivity index (χ2v) is 6.23. The maximum atomic E-state index is 4.43. The molecule has 1 aromatic carbocycles. The molecule has 18 heavy (non-hydrogen) atoms. The van der Waals surface area contributed by atoms with Gasteiger partial charge in [-0.15, -0.1) is 0 Å². The van der Waals surface area contributed by atoms with Crippen molar-refractivity contribution in [2.75, 3.05) is 7.05 Å². The van der Waals surface area contributed by atoms with E-state index in [0.29, 0.717) is 6.04 Å². The van der Waals surface area contributed by atoms with Gasteiger partial charge in [-0.25, -0.2) is 0 Å². The number of halogens is 2. The summed E-state index contributed by atoms with van der Waals surface area (Å²) in [6, 6.07) is 13.0. The highest BCUT2D eigenvalue weighted by atomic mass is 127. The predicted molar refractivity (Wildman–Crippen MR) is 86.6 cm³/mol. The molecule has 0 aliphatic heterocycles. The standard InChI is InChI=1S/C14H14BrIN2/c1-17-14(10-3-2-4-12(16)7-10)8-13-6-5-11(15)9-18-13/h2-7,9,14,17H,8H2,1H3. The molecule has 1 aromatic heterocycles. The second-order valence-electron chi connectivity index (χ2n) is 4.07. The number of rotatable bonds is 4. The molecule has 1 atom stereocenters. The highest BCUT2D eigenvalue weighted by molar-refractivity contribution is 14.1. The summed E-state index contributed by atoms with van der Waals surface area (Å²) in [5, 5.41) is 3.35. The van der Waals surface area contributed by atoms with Crippen LogP contribution in [-0.4, -0.2) is 12.0 Å². The Hall–Kier alpha value is -0.460. The highest BCUT2D eigenvalue weighted by Crippen LogP contribution is 2.20. The summed E-state index contributed by atoms with van der Waals surface area (Å²) in [5.74, 6) is 0. The van der Waals surface area contributed by atoms with Crippen molar-refractivity contribution in [2.24, 2.45) is 0 Å². The van der Waals surface area contributed by atoms with Crippen molar-refractivity contribution in [3.63, 3.8) is 0 Å². The summed E-state index contributed by atoms with van der Waals surface area (Å²) < 4.78 is 2.27. The van der Waals surface area contributed by atoms with Gasteiger partial charge in [0.05, 0.1) is 0 Å². The summed E-state index contributed by atoms with van der Waals surface area (Å²) >= 11 is 5.74. The van der Waals surface area contributed by atoms with Crippen LogP contribution in [0.3, 0.4) is 0 Å². The van der Waals surface area contributed by atoms with E-state index in [4.69, 9.17) is 0 Å². The van der Waals surface area contributed by atoms with Gasteiger partial charge in [0.1, 0.15) is 0 Å². The lowest BCUT2D eigenvalue weighted by Gasteiger charge is -2.16. The lowest BCUT2D eigenvalue weighted by molar-refractivity contribution is 0.584. The molecule has 2 aromatic rings. The molecule has 0 saturated carbocycles. The minimum Gasteiger partial charge on any atom is -0.313 e. The van der Waals surface area contributed by atoms with Crippen LogP contribution < -0.4 is 5.32 Å². The number of likely N-dealkylation sites (N-methyl/N-ethyl adjacent to an activating group) is 1. The zero-order valence-corrected chi connectivity index (χ0v) is 13.8. The third-order valence-electron chi connectivity index (χ3n) is 2.80. The van der Waals surface area contributed by atoms with Crippen LogP contribution in [0.2, 0.25) is 0 Å². The molecular formula is C14H14BrIN2. The van der Waals surface area contributed by atoms with Crippen LogP contribution in [0.15, 0.2) is 47.1 Å². The van der Waals surface area contributed by atoms with E-state index in [9.17, 15) is 0 Å². The van der Waals surface area contributed by atoms with Crippen molar-refractivity contribution >= 4 is 38.5 Å². The zero-order chi connectivity index (χ0) is 13.0. The van der Waals surface area contributed by atoms with Crippen LogP contribution in [0.1, 0.15) is 17.3 Å². The molecule has 1 N–H and O–H groups in total. The molecule has 0 radical (unpaired) electrons. The van der Waals surface area contributed by atoms with Gasteiger partial charge in [0, 0.05) is 32.4 Å². The normalized spacial score (nSPS) is 12.4. The first-order valence-electron chi connectivity index (χ1n) is 5.72. The molecular weight excluding hydrogens is 403 g/mol. The summed E-state index contributed by atoms with van der Waals surface area (Å²) in [4.78, 5) is 4.43. The number of hydrogen-bond donors (Lipinski definition) is 1. The number of nitrogens with one attached hydrogen (secondary N) is 1. The Balaban J connectivity index is 2.17. The minimum atomic E-state index is 0.299. The SMILES string of the molecule is CNC(Cc1ccc(Br)cn1)c1cccc(I)c1. The summed E-state index contributed by atoms with van der Waals surface area (Å²) in [6.07, 6.45) is 2.74. The molecule has 0 fully saturated rings. The Morgan fingerprint density at radius 1 is 1.33 bits per heavy atom. The predicted octanol–water partition coefficient (Wildman–Crippen LogP) is 3.95. The maximum Gasteiger partial charge on any atom is 0.0423 e. The van der Waals surface area contributed by atoms with E-state index in [1.165, 1.54) is 9.13 Å². The minimum absolute atomic E-state index is 0.299. The third kappa shape index (κ3) is 3.76. The first kappa shape index (κ1) is 14.0. The second kappa shape index (κ2) is 6.63. The molecule has 4 heteroatoms. The lowest BCUT2D eigenvalue weighted by Crippen LogP contribution is -2.19. The van der Waals surface area contributed by atoms with E-state index in [-0.39, 0.29) is 0 Å². The average Bonchev–Trinajstić information content (AvgIpc) is 2.38. The molecule has 2 rings (SSSR count). The van der Waals surface area contributed by atoms with Gasteiger partial charge in [0.15, 0.2) is 0 Å². The number of nitrogens with zero attached hydrogens (tertiary/aromatic N) is 1. The van der Waals surface area contributed by atoms with Crippen molar-refractivity contribution in [1.82, 2.24) is 10.3 Å². The average molecular weight is 417 g/mol. The van der Waals surface area contributed by atoms with E-state index in [1.807, 2.05) is 19.3 Å². The van der Waals surface area contributed by atoms with Gasteiger partial charge >= 0.3 is 0 Å². The van der Waals surface area contributed by atoms with Crippen LogP contribution in [0.5, 0.6) is 0 Å². The molecule has 1 unspecified atom stereocenters. The number of benzene rings is 1. The topological polar surface area (TPSA) is 24.9 Å². The molecule has 94 valence electrons. The monoisotopic (exact) mass is 416 g/mol. The van der Waals surface area contributed by atoms with Gasteiger partial charge in [-0.3, -0.25) is 4.98 Å². The van der Waals surface area contributed by atoms with Crippen molar-refractivity contribution in [3.8, 4) is 0 Å². The van der Waals surface area contributed by atoms with E-state index in [2.05, 4.69) is 79.2 Å². The first-order chi connectivity index (χ1) is 8.69. The quantitative estimate of drug-likeness (QED) is 0.763. The molecule has 0 aliphatic carbocycles. The lowest BCUT2D eigenvalue weighted by atomic mass is 10.0. The fourth-order valence-electron chi connectivity index (χ4n) is 1.85. The fourth-order valence-corrected chi connectivity index (χ4v) is 2.65. The molecule has 0 bridgehead atoms. The van der Waals surface area contributed by atoms with Crippen LogP contribution in [0, 0.1) is 3.57 Å². The van der Waals surface area contributed by atoms with Gasteiger partial charge in [-0.2, -0.15) is 0 Å². The maximum absolute atomic E-state index is 4.43. The van der Waals surface area contributed by atoms with Gasteiger partial charge in [0.25, 0.3) is 0 Å². The summed E-state index contributed by atoms with van der Waals surface area (Å²) in [6.45, 7) is 0. The largest absolute Gasteiger partial charge is 0.313 e. The highest BCUT2D eigenvalue weighted by Gasteiger charge is 2.11. The number of hydrogen-bond acceptors (Lipinski definition) is 2. The molecule has 0 saturated heterocycles. The first-order valence-corrected chi connectivity index (χ1v) is 7.59. The Kier molecular flexibility index (Phi) is 5.14. The van der Waals surface area contributed by atoms with Crippen LogP contribution in [0.25, 0.3) is 0 Å². The molecule has 0 aliphatic rings. The Bertz CT molecular complexity index is 513. The Morgan fingerprint density at radius 2 is 2.17 bits per heavy atom. The number of aromatic nitrogens is 1. The zero-order valence-electron chi connectivity index (χ0n) is 10.0. The van der Waals surface area contributed by atoms with Crippen LogP contribution in [0.4, 0.5) is 0 Å². The van der Waals surface area contributed by atoms with E-state index >= 15 is 0 Å². The van der Waals surface area contributed by atoms with Gasteiger partial charge in [0.2, 0.25) is 0 Å².